The Morgan fingerprint density at radius 3 is 2.95 bits per heavy atom. The van der Waals surface area contributed by atoms with Crippen molar-refractivity contribution in [2.45, 2.75) is 17.1 Å². The molecular formula is C16H15NO3S2. The predicted molar refractivity (Wildman–Crippen MR) is 90.0 cm³/mol. The highest BCUT2D eigenvalue weighted by Gasteiger charge is 2.12. The number of hydrogen-bond donors (Lipinski definition) is 1. The summed E-state index contributed by atoms with van der Waals surface area (Å²) < 4.78 is 8.57. The first kappa shape index (κ1) is 15.0. The van der Waals surface area contributed by atoms with Gasteiger partial charge < -0.3 is 9.84 Å². The number of methoxy groups -OCH3 is 1. The summed E-state index contributed by atoms with van der Waals surface area (Å²) in [5, 5.41) is 12.0. The van der Waals surface area contributed by atoms with Crippen LogP contribution in [-0.2, 0) is 11.2 Å². The largest absolute Gasteiger partial charge is 0.497 e. The Morgan fingerprint density at radius 1 is 1.41 bits per heavy atom. The van der Waals surface area contributed by atoms with Crippen molar-refractivity contribution in [3.05, 3.63) is 47.5 Å². The van der Waals surface area contributed by atoms with Crippen molar-refractivity contribution in [2.75, 3.05) is 7.11 Å². The lowest BCUT2D eigenvalue weighted by atomic mass is 10.1. The van der Waals surface area contributed by atoms with Gasteiger partial charge in [-0.25, -0.2) is 0 Å². The minimum atomic E-state index is -0.783. The van der Waals surface area contributed by atoms with Crippen LogP contribution in [-0.4, -0.2) is 22.2 Å². The van der Waals surface area contributed by atoms with E-state index in [1.807, 2.05) is 35.8 Å². The number of fused-ring (bicyclic) bond motifs is 1. The molecule has 0 atom stereocenters. The van der Waals surface area contributed by atoms with Gasteiger partial charge in [-0.05, 0) is 41.6 Å². The van der Waals surface area contributed by atoms with Crippen LogP contribution in [0.2, 0.25) is 0 Å². The van der Waals surface area contributed by atoms with E-state index in [0.717, 1.165) is 22.2 Å². The van der Waals surface area contributed by atoms with Gasteiger partial charge in [-0.3, -0.25) is 8.77 Å². The fraction of sp³-hybridized carbons (Fsp3) is 0.188. The Morgan fingerprint density at radius 2 is 2.27 bits per heavy atom. The summed E-state index contributed by atoms with van der Waals surface area (Å²) in [7, 11) is 1.63. The van der Waals surface area contributed by atoms with Crippen LogP contribution in [0, 0.1) is 0 Å². The van der Waals surface area contributed by atoms with Crippen LogP contribution in [0.3, 0.4) is 0 Å². The highest BCUT2D eigenvalue weighted by atomic mass is 32.2. The van der Waals surface area contributed by atoms with Crippen molar-refractivity contribution >= 4 is 40.2 Å². The van der Waals surface area contributed by atoms with Gasteiger partial charge in [-0.15, -0.1) is 11.3 Å². The second kappa shape index (κ2) is 6.46. The highest BCUT2D eigenvalue weighted by molar-refractivity contribution is 7.99. The fourth-order valence-electron chi connectivity index (χ4n) is 2.30. The molecule has 3 aromatic rings. The smallest absolute Gasteiger partial charge is 0.303 e. The van der Waals surface area contributed by atoms with E-state index < -0.39 is 5.97 Å². The monoisotopic (exact) mass is 333 g/mol. The second-order valence-electron chi connectivity index (χ2n) is 4.78. The van der Waals surface area contributed by atoms with E-state index in [1.165, 1.54) is 4.21 Å². The van der Waals surface area contributed by atoms with Gasteiger partial charge in [-0.1, -0.05) is 6.07 Å². The zero-order valence-electron chi connectivity index (χ0n) is 12.0. The maximum absolute atomic E-state index is 10.9. The number of carboxylic acid groups (broad SMARTS) is 1. The molecule has 1 aromatic carbocycles. The number of carbonyl (C=O) groups is 1. The Kier molecular flexibility index (Phi) is 4.40. The number of carboxylic acids is 1. The average Bonchev–Trinajstić information content (AvgIpc) is 3.13. The lowest BCUT2D eigenvalue weighted by Gasteiger charge is -2.03. The topological polar surface area (TPSA) is 51.5 Å². The van der Waals surface area contributed by atoms with E-state index in [0.29, 0.717) is 6.42 Å². The standard InChI is InChI=1S/C16H15NO3S2/c1-20-12-5-6-14-13(9-12)11(4-7-15(18)19)10-17(14)22-16-3-2-8-21-16/h2-3,5-6,8-10H,4,7H2,1H3,(H,18,19). The quantitative estimate of drug-likeness (QED) is 0.731. The van der Waals surface area contributed by atoms with Crippen LogP contribution < -0.4 is 4.74 Å². The first-order valence-electron chi connectivity index (χ1n) is 6.79. The maximum Gasteiger partial charge on any atom is 0.303 e. The zero-order chi connectivity index (χ0) is 15.5. The molecular weight excluding hydrogens is 318 g/mol. The van der Waals surface area contributed by atoms with Gasteiger partial charge in [0.2, 0.25) is 0 Å². The predicted octanol–water partition coefficient (Wildman–Crippen LogP) is 4.28. The SMILES string of the molecule is COc1ccc2c(c1)c(CCC(=O)O)cn2Sc1cccs1. The first-order valence-corrected chi connectivity index (χ1v) is 8.44. The Bertz CT molecular complexity index is 793. The van der Waals surface area contributed by atoms with Crippen LogP contribution in [0.25, 0.3) is 10.9 Å². The van der Waals surface area contributed by atoms with Gasteiger partial charge in [0.05, 0.1) is 16.8 Å². The summed E-state index contributed by atoms with van der Waals surface area (Å²) in [6.07, 6.45) is 2.66. The Balaban J connectivity index is 2.02. The molecule has 0 unspecified atom stereocenters. The summed E-state index contributed by atoms with van der Waals surface area (Å²) in [5.74, 6) is -0.00217. The van der Waals surface area contributed by atoms with E-state index in [4.69, 9.17) is 9.84 Å². The van der Waals surface area contributed by atoms with Crippen molar-refractivity contribution in [1.29, 1.82) is 0 Å². The molecule has 0 aliphatic rings. The average molecular weight is 333 g/mol. The number of benzene rings is 1. The molecule has 0 amide bonds. The molecule has 0 bridgehead atoms. The van der Waals surface area contributed by atoms with Gasteiger partial charge in [0.1, 0.15) is 5.75 Å². The molecule has 22 heavy (non-hydrogen) atoms. The molecule has 3 rings (SSSR count). The Hall–Kier alpha value is -1.92. The van der Waals surface area contributed by atoms with Gasteiger partial charge >= 0.3 is 5.97 Å². The number of hydrogen-bond acceptors (Lipinski definition) is 4. The number of ether oxygens (including phenoxy) is 1. The molecule has 0 radical (unpaired) electrons. The summed E-state index contributed by atoms with van der Waals surface area (Å²) in [6.45, 7) is 0. The van der Waals surface area contributed by atoms with E-state index in [-0.39, 0.29) is 6.42 Å². The molecule has 0 saturated heterocycles. The molecule has 0 spiro atoms. The third-order valence-corrected chi connectivity index (χ3v) is 5.34. The second-order valence-corrected chi connectivity index (χ2v) is 7.00. The number of nitrogens with zero attached hydrogens (tertiary/aromatic N) is 1. The zero-order valence-corrected chi connectivity index (χ0v) is 13.6. The normalized spacial score (nSPS) is 11.0. The maximum atomic E-state index is 10.9. The molecule has 2 heterocycles. The third-order valence-electron chi connectivity index (χ3n) is 3.35. The van der Waals surface area contributed by atoms with Crippen molar-refractivity contribution in [2.24, 2.45) is 0 Å². The molecule has 1 N–H and O–H groups in total. The summed E-state index contributed by atoms with van der Waals surface area (Å²) >= 11 is 3.32. The molecule has 2 aromatic heterocycles. The minimum Gasteiger partial charge on any atom is -0.497 e. The molecule has 0 aliphatic heterocycles. The van der Waals surface area contributed by atoms with Crippen molar-refractivity contribution in [1.82, 2.24) is 3.97 Å². The van der Waals surface area contributed by atoms with Crippen molar-refractivity contribution in [3.8, 4) is 5.75 Å². The lowest BCUT2D eigenvalue weighted by Crippen LogP contribution is -1.96. The molecule has 4 nitrogen and oxygen atoms in total. The van der Waals surface area contributed by atoms with Gasteiger partial charge in [0.25, 0.3) is 0 Å². The van der Waals surface area contributed by atoms with Crippen LogP contribution in [0.1, 0.15) is 12.0 Å². The van der Waals surface area contributed by atoms with Gasteiger partial charge in [0.15, 0.2) is 0 Å². The van der Waals surface area contributed by atoms with Crippen LogP contribution in [0.15, 0.2) is 46.1 Å². The highest BCUT2D eigenvalue weighted by Crippen LogP contribution is 2.33. The van der Waals surface area contributed by atoms with Crippen molar-refractivity contribution in [3.63, 3.8) is 0 Å². The lowest BCUT2D eigenvalue weighted by molar-refractivity contribution is -0.136. The first-order chi connectivity index (χ1) is 10.7. The van der Waals surface area contributed by atoms with Crippen LogP contribution in [0.5, 0.6) is 5.75 Å². The van der Waals surface area contributed by atoms with E-state index in [1.54, 1.807) is 30.4 Å². The van der Waals surface area contributed by atoms with Crippen LogP contribution >= 0.6 is 23.3 Å². The summed E-state index contributed by atoms with van der Waals surface area (Å²) in [4.78, 5) is 10.9. The van der Waals surface area contributed by atoms with Crippen LogP contribution in [0.4, 0.5) is 0 Å². The fourth-order valence-corrected chi connectivity index (χ4v) is 4.10. The van der Waals surface area contributed by atoms with Gasteiger partial charge in [-0.2, -0.15) is 0 Å². The number of aliphatic carboxylic acids is 1. The van der Waals surface area contributed by atoms with E-state index in [2.05, 4.69) is 10.0 Å². The minimum absolute atomic E-state index is 0.125. The molecule has 114 valence electrons. The number of thiophene rings is 1. The van der Waals surface area contributed by atoms with E-state index in [9.17, 15) is 4.79 Å². The molecule has 6 heteroatoms. The third kappa shape index (κ3) is 3.13. The number of aromatic nitrogens is 1. The molecule has 0 saturated carbocycles. The number of rotatable bonds is 6. The van der Waals surface area contributed by atoms with E-state index >= 15 is 0 Å². The molecule has 0 aliphatic carbocycles. The number of aryl methyl sites for hydroxylation is 1. The van der Waals surface area contributed by atoms with Crippen molar-refractivity contribution < 1.29 is 14.6 Å². The summed E-state index contributed by atoms with van der Waals surface area (Å²) in [6, 6.07) is 10.0. The summed E-state index contributed by atoms with van der Waals surface area (Å²) in [5.41, 5.74) is 2.10. The Labute approximate surface area is 136 Å². The molecule has 0 fully saturated rings. The van der Waals surface area contributed by atoms with Gasteiger partial charge in [0, 0.05) is 30.0 Å².